The van der Waals surface area contributed by atoms with Crippen molar-refractivity contribution < 1.29 is 19.1 Å². The highest BCUT2D eigenvalue weighted by Gasteiger charge is 2.13. The minimum atomic E-state index is -0.714. The number of carbonyl (C=O) groups is 2. The summed E-state index contributed by atoms with van der Waals surface area (Å²) in [6.07, 6.45) is 3.55. The Labute approximate surface area is 156 Å². The van der Waals surface area contributed by atoms with E-state index in [0.717, 1.165) is 10.5 Å². The zero-order chi connectivity index (χ0) is 18.8. The molecule has 2 N–H and O–H groups in total. The molecule has 0 spiro atoms. The third-order valence-electron chi connectivity index (χ3n) is 3.34. The van der Waals surface area contributed by atoms with Gasteiger partial charge in [0.15, 0.2) is 0 Å². The molecule has 26 heavy (non-hydrogen) atoms. The van der Waals surface area contributed by atoms with Gasteiger partial charge in [-0.05, 0) is 36.1 Å². The van der Waals surface area contributed by atoms with Crippen LogP contribution in [0.2, 0.25) is 0 Å². The van der Waals surface area contributed by atoms with E-state index in [1.165, 1.54) is 0 Å². The van der Waals surface area contributed by atoms with Gasteiger partial charge in [-0.25, -0.2) is 4.98 Å². The van der Waals surface area contributed by atoms with Gasteiger partial charge < -0.3 is 20.1 Å². The summed E-state index contributed by atoms with van der Waals surface area (Å²) < 4.78 is 10.2. The summed E-state index contributed by atoms with van der Waals surface area (Å²) in [4.78, 5) is 29.0. The molecule has 2 rings (SSSR count). The number of nitrogens with zero attached hydrogens (tertiary/aromatic N) is 1. The van der Waals surface area contributed by atoms with E-state index in [2.05, 4.69) is 15.6 Å². The van der Waals surface area contributed by atoms with Gasteiger partial charge in [-0.3, -0.25) is 9.59 Å². The molecule has 0 saturated carbocycles. The predicted molar refractivity (Wildman–Crippen MR) is 100 cm³/mol. The number of hydrogen-bond acceptors (Lipinski definition) is 6. The molecule has 0 radical (unpaired) electrons. The van der Waals surface area contributed by atoms with E-state index < -0.39 is 11.8 Å². The van der Waals surface area contributed by atoms with Crippen LogP contribution in [0.3, 0.4) is 0 Å². The van der Waals surface area contributed by atoms with E-state index in [-0.39, 0.29) is 6.54 Å². The van der Waals surface area contributed by atoms with Crippen LogP contribution in [0, 0.1) is 0 Å². The minimum Gasteiger partial charge on any atom is -0.475 e. The number of rotatable bonds is 8. The van der Waals surface area contributed by atoms with Gasteiger partial charge in [-0.1, -0.05) is 6.07 Å². The van der Waals surface area contributed by atoms with E-state index in [1.807, 2.05) is 18.4 Å². The summed E-state index contributed by atoms with van der Waals surface area (Å²) in [6.45, 7) is 1.09. The van der Waals surface area contributed by atoms with Gasteiger partial charge in [0.2, 0.25) is 5.88 Å². The molecule has 2 amide bonds. The number of benzene rings is 1. The van der Waals surface area contributed by atoms with Gasteiger partial charge in [0.25, 0.3) is 0 Å². The number of aromatic nitrogens is 1. The molecule has 1 aromatic heterocycles. The van der Waals surface area contributed by atoms with Crippen molar-refractivity contribution in [2.24, 2.45) is 0 Å². The standard InChI is InChI=1S/C18H21N3O4S/c1-24-9-10-25-16-8-3-13(11-19-16)12-20-17(22)18(23)21-14-4-6-15(26-2)7-5-14/h3-8,11H,9-10,12H2,1-2H3,(H,20,22)(H,21,23). The molecule has 0 aliphatic rings. The van der Waals surface area contributed by atoms with Crippen molar-refractivity contribution in [3.8, 4) is 5.88 Å². The van der Waals surface area contributed by atoms with Crippen LogP contribution in [0.5, 0.6) is 5.88 Å². The molecule has 0 saturated heterocycles. The molecule has 0 aliphatic heterocycles. The zero-order valence-electron chi connectivity index (χ0n) is 14.7. The molecule has 2 aromatic rings. The van der Waals surface area contributed by atoms with Crippen molar-refractivity contribution in [1.82, 2.24) is 10.3 Å². The quantitative estimate of drug-likeness (QED) is 0.417. The number of anilines is 1. The van der Waals surface area contributed by atoms with E-state index in [4.69, 9.17) is 9.47 Å². The van der Waals surface area contributed by atoms with E-state index in [1.54, 1.807) is 49.3 Å². The second kappa shape index (κ2) is 10.4. The smallest absolute Gasteiger partial charge is 0.313 e. The predicted octanol–water partition coefficient (Wildman–Crippen LogP) is 2.08. The first kappa shape index (κ1) is 19.7. The van der Waals surface area contributed by atoms with Crippen LogP contribution in [0.4, 0.5) is 5.69 Å². The molecular weight excluding hydrogens is 354 g/mol. The van der Waals surface area contributed by atoms with Crippen LogP contribution in [0.25, 0.3) is 0 Å². The number of ether oxygens (including phenoxy) is 2. The minimum absolute atomic E-state index is 0.197. The van der Waals surface area contributed by atoms with E-state index >= 15 is 0 Å². The fraction of sp³-hybridized carbons (Fsp3) is 0.278. The van der Waals surface area contributed by atoms with Gasteiger partial charge >= 0.3 is 11.8 Å². The maximum absolute atomic E-state index is 11.9. The lowest BCUT2D eigenvalue weighted by Crippen LogP contribution is -2.34. The Bertz CT molecular complexity index is 720. The van der Waals surface area contributed by atoms with Crippen molar-refractivity contribution in [2.75, 3.05) is 31.9 Å². The van der Waals surface area contributed by atoms with Crippen molar-refractivity contribution >= 4 is 29.3 Å². The highest BCUT2D eigenvalue weighted by atomic mass is 32.2. The van der Waals surface area contributed by atoms with Crippen molar-refractivity contribution in [3.05, 3.63) is 48.2 Å². The molecule has 1 heterocycles. The maximum atomic E-state index is 11.9. The van der Waals surface area contributed by atoms with Gasteiger partial charge in [-0.2, -0.15) is 0 Å². The highest BCUT2D eigenvalue weighted by Crippen LogP contribution is 2.17. The fourth-order valence-corrected chi connectivity index (χ4v) is 2.36. The Hall–Kier alpha value is -2.58. The molecule has 0 aliphatic carbocycles. The molecule has 138 valence electrons. The summed E-state index contributed by atoms with van der Waals surface area (Å²) in [6, 6.07) is 10.7. The number of thioether (sulfide) groups is 1. The number of nitrogens with one attached hydrogen (secondary N) is 2. The summed E-state index contributed by atoms with van der Waals surface area (Å²) >= 11 is 1.60. The Kier molecular flexibility index (Phi) is 7.91. The average molecular weight is 375 g/mol. The Balaban J connectivity index is 1.78. The molecule has 0 atom stereocenters. The first-order valence-corrected chi connectivity index (χ1v) is 9.14. The molecule has 0 unspecified atom stereocenters. The number of methoxy groups -OCH3 is 1. The third-order valence-corrected chi connectivity index (χ3v) is 4.09. The first-order valence-electron chi connectivity index (χ1n) is 7.92. The number of carbonyl (C=O) groups excluding carboxylic acids is 2. The Morgan fingerprint density at radius 2 is 1.85 bits per heavy atom. The van der Waals surface area contributed by atoms with Crippen LogP contribution < -0.4 is 15.4 Å². The number of hydrogen-bond donors (Lipinski definition) is 2. The fourth-order valence-electron chi connectivity index (χ4n) is 1.96. The lowest BCUT2D eigenvalue weighted by molar-refractivity contribution is -0.136. The monoisotopic (exact) mass is 375 g/mol. The molecular formula is C18H21N3O4S. The summed E-state index contributed by atoms with van der Waals surface area (Å²) in [5.74, 6) is -0.947. The number of amides is 2. The SMILES string of the molecule is COCCOc1ccc(CNC(=O)C(=O)Nc2ccc(SC)cc2)cn1. The van der Waals surface area contributed by atoms with Crippen molar-refractivity contribution in [3.63, 3.8) is 0 Å². The van der Waals surface area contributed by atoms with Crippen LogP contribution in [-0.4, -0.2) is 43.4 Å². The molecule has 1 aromatic carbocycles. The maximum Gasteiger partial charge on any atom is 0.313 e. The zero-order valence-corrected chi connectivity index (χ0v) is 15.5. The van der Waals surface area contributed by atoms with Crippen molar-refractivity contribution in [1.29, 1.82) is 0 Å². The van der Waals surface area contributed by atoms with Gasteiger partial charge in [-0.15, -0.1) is 11.8 Å². The van der Waals surface area contributed by atoms with Crippen LogP contribution in [-0.2, 0) is 20.9 Å². The van der Waals surface area contributed by atoms with Gasteiger partial charge in [0.05, 0.1) is 6.61 Å². The van der Waals surface area contributed by atoms with E-state index in [0.29, 0.717) is 24.8 Å². The first-order chi connectivity index (χ1) is 12.6. The second-order valence-corrected chi connectivity index (χ2v) is 6.09. The largest absolute Gasteiger partial charge is 0.475 e. The summed E-state index contributed by atoms with van der Waals surface area (Å²) in [7, 11) is 1.60. The van der Waals surface area contributed by atoms with Gasteiger partial charge in [0, 0.05) is 36.5 Å². The van der Waals surface area contributed by atoms with E-state index in [9.17, 15) is 9.59 Å². The molecule has 0 bridgehead atoms. The third kappa shape index (κ3) is 6.38. The Morgan fingerprint density at radius 1 is 1.08 bits per heavy atom. The summed E-state index contributed by atoms with van der Waals surface area (Å²) in [5, 5.41) is 5.12. The highest BCUT2D eigenvalue weighted by molar-refractivity contribution is 7.98. The lowest BCUT2D eigenvalue weighted by Gasteiger charge is -2.08. The average Bonchev–Trinajstić information content (AvgIpc) is 2.68. The van der Waals surface area contributed by atoms with Crippen molar-refractivity contribution in [2.45, 2.75) is 11.4 Å². The van der Waals surface area contributed by atoms with Gasteiger partial charge in [0.1, 0.15) is 6.61 Å². The van der Waals surface area contributed by atoms with Crippen LogP contribution in [0.15, 0.2) is 47.5 Å². The molecule has 0 fully saturated rings. The second-order valence-electron chi connectivity index (χ2n) is 5.21. The van der Waals surface area contributed by atoms with Crippen LogP contribution in [0.1, 0.15) is 5.56 Å². The molecule has 7 nitrogen and oxygen atoms in total. The Morgan fingerprint density at radius 3 is 2.46 bits per heavy atom. The summed E-state index contributed by atoms with van der Waals surface area (Å²) in [5.41, 5.74) is 1.33. The topological polar surface area (TPSA) is 89.5 Å². The lowest BCUT2D eigenvalue weighted by atomic mass is 10.3. The number of pyridine rings is 1. The normalized spacial score (nSPS) is 10.2. The molecule has 8 heteroatoms. The van der Waals surface area contributed by atoms with Crippen LogP contribution >= 0.6 is 11.8 Å².